The fraction of sp³-hybridized carbons (Fsp3) is 0.267. The monoisotopic (exact) mass is 574 g/mol. The van der Waals surface area contributed by atoms with Gasteiger partial charge in [-0.15, -0.1) is 0 Å². The molecule has 2 amide bonds. The number of nitrogens with zero attached hydrogens (tertiary/aromatic N) is 3. The van der Waals surface area contributed by atoms with E-state index in [1.807, 2.05) is 65.6 Å². The second kappa shape index (κ2) is 12.9. The summed E-state index contributed by atoms with van der Waals surface area (Å²) in [5.41, 5.74) is 2.80. The molecule has 1 saturated heterocycles. The number of imidazole rings is 1. The maximum Gasteiger partial charge on any atom is 0.414 e. The number of aromatic nitrogens is 2. The lowest BCUT2D eigenvalue weighted by atomic mass is 9.96. The van der Waals surface area contributed by atoms with Crippen LogP contribution in [0.1, 0.15) is 18.7 Å². The molecule has 0 atom stereocenters. The molecule has 0 bridgehead atoms. The topological polar surface area (TPSA) is 152 Å². The van der Waals surface area contributed by atoms with Gasteiger partial charge in [-0.25, -0.2) is 19.4 Å². The van der Waals surface area contributed by atoms with E-state index in [4.69, 9.17) is 39.0 Å². The highest BCUT2D eigenvalue weighted by molar-refractivity contribution is 6.27. The number of aliphatic carboxylic acids is 2. The van der Waals surface area contributed by atoms with Crippen LogP contribution in [0.4, 0.5) is 10.5 Å². The number of hydrogen-bond acceptors (Lipinski definition) is 7. The van der Waals surface area contributed by atoms with Gasteiger partial charge in [0.15, 0.2) is 11.5 Å². The summed E-state index contributed by atoms with van der Waals surface area (Å²) >= 11 is 0. The number of carbonyl (C=O) groups is 3. The Bertz CT molecular complexity index is 1550. The number of piperidine rings is 1. The molecule has 4 aromatic rings. The average molecular weight is 575 g/mol. The van der Waals surface area contributed by atoms with E-state index in [2.05, 4.69) is 16.0 Å². The van der Waals surface area contributed by atoms with Gasteiger partial charge in [0.2, 0.25) is 6.79 Å². The number of urea groups is 1. The molecule has 6 rings (SSSR count). The number of rotatable bonds is 6. The molecule has 3 N–H and O–H groups in total. The summed E-state index contributed by atoms with van der Waals surface area (Å²) in [6.07, 6.45) is 1.86. The van der Waals surface area contributed by atoms with Crippen molar-refractivity contribution in [2.75, 3.05) is 25.2 Å². The molecule has 0 radical (unpaired) electrons. The van der Waals surface area contributed by atoms with Crippen molar-refractivity contribution in [3.63, 3.8) is 0 Å². The van der Waals surface area contributed by atoms with Crippen molar-refractivity contribution >= 4 is 34.7 Å². The Kier molecular flexibility index (Phi) is 8.71. The van der Waals surface area contributed by atoms with Crippen molar-refractivity contribution in [1.82, 2.24) is 14.5 Å². The molecular formula is C30H30N4O8. The van der Waals surface area contributed by atoms with E-state index in [0.29, 0.717) is 42.8 Å². The van der Waals surface area contributed by atoms with Crippen molar-refractivity contribution < 1.29 is 38.8 Å². The highest BCUT2D eigenvalue weighted by atomic mass is 16.7. The van der Waals surface area contributed by atoms with Gasteiger partial charge in [0.25, 0.3) is 0 Å². The van der Waals surface area contributed by atoms with Gasteiger partial charge in [-0.2, -0.15) is 0 Å². The highest BCUT2D eigenvalue weighted by Crippen LogP contribution is 2.34. The third kappa shape index (κ3) is 6.89. The lowest BCUT2D eigenvalue weighted by Crippen LogP contribution is -2.41. The van der Waals surface area contributed by atoms with E-state index in [9.17, 15) is 4.79 Å². The first-order chi connectivity index (χ1) is 20.4. The van der Waals surface area contributed by atoms with E-state index in [1.165, 1.54) is 0 Å². The maximum atomic E-state index is 12.9. The predicted molar refractivity (Wildman–Crippen MR) is 152 cm³/mol. The Labute approximate surface area is 241 Å². The molecule has 12 nitrogen and oxygen atoms in total. The number of amides is 2. The maximum absolute atomic E-state index is 12.9. The number of fused-ring (bicyclic) bond motifs is 2. The molecule has 0 spiro atoms. The van der Waals surface area contributed by atoms with Crippen molar-refractivity contribution in [2.45, 2.75) is 26.0 Å². The summed E-state index contributed by atoms with van der Waals surface area (Å²) < 4.78 is 19.1. The van der Waals surface area contributed by atoms with Crippen LogP contribution < -0.4 is 19.5 Å². The predicted octanol–water partition coefficient (Wildman–Crippen LogP) is 4.44. The van der Waals surface area contributed by atoms with Crippen molar-refractivity contribution in [1.29, 1.82) is 0 Å². The van der Waals surface area contributed by atoms with Gasteiger partial charge in [0.1, 0.15) is 18.2 Å². The Morgan fingerprint density at radius 3 is 2.33 bits per heavy atom. The van der Waals surface area contributed by atoms with Crippen LogP contribution in [-0.2, 0) is 22.7 Å². The van der Waals surface area contributed by atoms with Crippen molar-refractivity contribution in [2.24, 2.45) is 5.92 Å². The molecule has 3 heterocycles. The van der Waals surface area contributed by atoms with E-state index >= 15 is 0 Å². The third-order valence-corrected chi connectivity index (χ3v) is 6.99. The first-order valence-electron chi connectivity index (χ1n) is 13.4. The third-order valence-electron chi connectivity index (χ3n) is 6.99. The number of benzene rings is 3. The summed E-state index contributed by atoms with van der Waals surface area (Å²) in [4.78, 5) is 37.8. The Hall–Kier alpha value is -5.26. The summed E-state index contributed by atoms with van der Waals surface area (Å²) in [6, 6.07) is 23.4. The molecule has 3 aromatic carbocycles. The quantitative estimate of drug-likeness (QED) is 0.284. The summed E-state index contributed by atoms with van der Waals surface area (Å²) in [6.45, 7) is 2.90. The lowest BCUT2D eigenvalue weighted by Gasteiger charge is -2.32. The van der Waals surface area contributed by atoms with Crippen LogP contribution in [0.15, 0.2) is 72.8 Å². The molecule has 0 unspecified atom stereocenters. The molecule has 42 heavy (non-hydrogen) atoms. The lowest BCUT2D eigenvalue weighted by molar-refractivity contribution is -0.159. The number of ether oxygens (including phenoxy) is 3. The van der Waals surface area contributed by atoms with Gasteiger partial charge < -0.3 is 39.2 Å². The zero-order valence-electron chi connectivity index (χ0n) is 22.6. The van der Waals surface area contributed by atoms with Crippen LogP contribution in [0, 0.1) is 5.92 Å². The molecule has 218 valence electrons. The smallest absolute Gasteiger partial charge is 0.414 e. The standard InChI is InChI=1S/C28H28N4O4.C2H2O4/c33-28(29-21-10-11-25-26(16-21)36-19-35-25)31-14-12-20(13-15-31)17-32-24-9-5-4-8-23(24)30-27(32)18-34-22-6-2-1-3-7-22;3-1(4)2(5)6/h1-11,16,20H,12-15,17-19H2,(H,29,33);(H,3,4)(H,5,6). The Balaban J connectivity index is 0.000000535. The highest BCUT2D eigenvalue weighted by Gasteiger charge is 2.25. The van der Waals surface area contributed by atoms with E-state index in [0.717, 1.165) is 42.0 Å². The number of carbonyl (C=O) groups excluding carboxylic acids is 1. The Morgan fingerprint density at radius 2 is 1.60 bits per heavy atom. The number of anilines is 1. The minimum Gasteiger partial charge on any atom is -0.486 e. The fourth-order valence-corrected chi connectivity index (χ4v) is 4.86. The summed E-state index contributed by atoms with van der Waals surface area (Å²) in [5, 5.41) is 17.8. The number of nitrogens with one attached hydrogen (secondary N) is 1. The zero-order chi connectivity index (χ0) is 29.5. The number of hydrogen-bond donors (Lipinski definition) is 3. The average Bonchev–Trinajstić information content (AvgIpc) is 3.61. The number of para-hydroxylation sites is 3. The van der Waals surface area contributed by atoms with Crippen molar-refractivity contribution in [3.8, 4) is 17.2 Å². The largest absolute Gasteiger partial charge is 0.486 e. The number of carboxylic acids is 2. The van der Waals surface area contributed by atoms with Crippen molar-refractivity contribution in [3.05, 3.63) is 78.6 Å². The van der Waals surface area contributed by atoms with E-state index in [1.54, 1.807) is 6.07 Å². The van der Waals surface area contributed by atoms with Crippen LogP contribution in [0.25, 0.3) is 11.0 Å². The first kappa shape index (κ1) is 28.3. The number of carboxylic acid groups (broad SMARTS) is 2. The molecular weight excluding hydrogens is 544 g/mol. The molecule has 1 fully saturated rings. The molecule has 1 aromatic heterocycles. The molecule has 2 aliphatic heterocycles. The molecule has 0 aliphatic carbocycles. The van der Waals surface area contributed by atoms with Gasteiger partial charge in [-0.3, -0.25) is 0 Å². The summed E-state index contributed by atoms with van der Waals surface area (Å²) in [5.74, 6) is -0.0842. The first-order valence-corrected chi connectivity index (χ1v) is 13.4. The fourth-order valence-electron chi connectivity index (χ4n) is 4.86. The van der Waals surface area contributed by atoms with Crippen LogP contribution in [0.2, 0.25) is 0 Å². The van der Waals surface area contributed by atoms with Gasteiger partial charge in [-0.1, -0.05) is 30.3 Å². The van der Waals surface area contributed by atoms with Crippen LogP contribution in [0.3, 0.4) is 0 Å². The van der Waals surface area contributed by atoms with E-state index in [-0.39, 0.29) is 12.8 Å². The SMILES string of the molecule is O=C(Nc1ccc2c(c1)OCO2)N1CCC(Cn2c(COc3ccccc3)nc3ccccc32)CC1.O=C(O)C(=O)O. The minimum absolute atomic E-state index is 0.0858. The van der Waals surface area contributed by atoms with Gasteiger partial charge in [0, 0.05) is 31.4 Å². The molecule has 0 saturated carbocycles. The second-order valence-corrected chi connectivity index (χ2v) is 9.77. The minimum atomic E-state index is -1.82. The van der Waals surface area contributed by atoms with Crippen LogP contribution in [-0.4, -0.2) is 62.5 Å². The van der Waals surface area contributed by atoms with Gasteiger partial charge in [0.05, 0.1) is 11.0 Å². The molecule has 12 heteroatoms. The van der Waals surface area contributed by atoms with Gasteiger partial charge >= 0.3 is 18.0 Å². The van der Waals surface area contributed by atoms with Crippen LogP contribution in [0.5, 0.6) is 17.2 Å². The zero-order valence-corrected chi connectivity index (χ0v) is 22.6. The number of likely N-dealkylation sites (tertiary alicyclic amines) is 1. The second-order valence-electron chi connectivity index (χ2n) is 9.77. The Morgan fingerprint density at radius 1 is 0.905 bits per heavy atom. The molecule has 2 aliphatic rings. The van der Waals surface area contributed by atoms with Gasteiger partial charge in [-0.05, 0) is 55.2 Å². The summed E-state index contributed by atoms with van der Waals surface area (Å²) in [7, 11) is 0. The van der Waals surface area contributed by atoms with Crippen LogP contribution >= 0.6 is 0 Å². The normalized spacial score (nSPS) is 14.1. The van der Waals surface area contributed by atoms with E-state index < -0.39 is 11.9 Å².